The van der Waals surface area contributed by atoms with Gasteiger partial charge < -0.3 is 14.5 Å². The van der Waals surface area contributed by atoms with E-state index >= 15 is 0 Å². The molecule has 0 radical (unpaired) electrons. The summed E-state index contributed by atoms with van der Waals surface area (Å²) in [6.07, 6.45) is 0. The standard InChI is InChI=1S/C21H22N6O3/c1-2-30-16-5-3-15(4-6-16)17-7-9-19(24-22-17)26-11-13-27(14-12-26)21(29)18-8-10-20(28)25-23-18/h3-10H,2,11-14H2,1H3,(H,25,28). The molecule has 1 saturated heterocycles. The summed E-state index contributed by atoms with van der Waals surface area (Å²) in [6, 6.07) is 14.4. The van der Waals surface area contributed by atoms with Crippen LogP contribution in [0.25, 0.3) is 11.3 Å². The minimum Gasteiger partial charge on any atom is -0.494 e. The van der Waals surface area contributed by atoms with Crippen LogP contribution in [0.2, 0.25) is 0 Å². The highest BCUT2D eigenvalue weighted by atomic mass is 16.5. The van der Waals surface area contributed by atoms with E-state index in [1.165, 1.54) is 12.1 Å². The van der Waals surface area contributed by atoms with Crippen LogP contribution < -0.4 is 15.2 Å². The van der Waals surface area contributed by atoms with Crippen molar-refractivity contribution in [3.63, 3.8) is 0 Å². The van der Waals surface area contributed by atoms with Gasteiger partial charge >= 0.3 is 0 Å². The molecule has 154 valence electrons. The monoisotopic (exact) mass is 406 g/mol. The van der Waals surface area contributed by atoms with Crippen LogP contribution in [-0.2, 0) is 0 Å². The van der Waals surface area contributed by atoms with Gasteiger partial charge in [-0.1, -0.05) is 0 Å². The summed E-state index contributed by atoms with van der Waals surface area (Å²) in [6.45, 7) is 4.96. The molecule has 0 aliphatic carbocycles. The van der Waals surface area contributed by atoms with Crippen LogP contribution in [0.3, 0.4) is 0 Å². The van der Waals surface area contributed by atoms with Gasteiger partial charge in [-0.25, -0.2) is 5.10 Å². The van der Waals surface area contributed by atoms with E-state index in [0.717, 1.165) is 22.8 Å². The Balaban J connectivity index is 1.37. The summed E-state index contributed by atoms with van der Waals surface area (Å²) in [5.41, 5.74) is 1.67. The average Bonchev–Trinajstić information content (AvgIpc) is 2.80. The lowest BCUT2D eigenvalue weighted by molar-refractivity contribution is 0.0739. The van der Waals surface area contributed by atoms with E-state index in [9.17, 15) is 9.59 Å². The number of hydrogen-bond donors (Lipinski definition) is 1. The summed E-state index contributed by atoms with van der Waals surface area (Å²) >= 11 is 0. The topological polar surface area (TPSA) is 104 Å². The van der Waals surface area contributed by atoms with E-state index in [-0.39, 0.29) is 17.2 Å². The molecule has 0 spiro atoms. The van der Waals surface area contributed by atoms with E-state index < -0.39 is 0 Å². The normalized spacial score (nSPS) is 13.9. The van der Waals surface area contributed by atoms with E-state index in [4.69, 9.17) is 4.74 Å². The Kier molecular flexibility index (Phi) is 5.69. The molecule has 3 aromatic rings. The molecule has 0 unspecified atom stereocenters. The molecule has 1 fully saturated rings. The number of anilines is 1. The lowest BCUT2D eigenvalue weighted by Gasteiger charge is -2.34. The third kappa shape index (κ3) is 4.29. The lowest BCUT2D eigenvalue weighted by Crippen LogP contribution is -2.49. The van der Waals surface area contributed by atoms with Crippen molar-refractivity contribution < 1.29 is 9.53 Å². The van der Waals surface area contributed by atoms with Gasteiger partial charge in [0.05, 0.1) is 12.3 Å². The summed E-state index contributed by atoms with van der Waals surface area (Å²) < 4.78 is 5.46. The number of carbonyl (C=O) groups excluding carboxylic acids is 1. The Hall–Kier alpha value is -3.75. The van der Waals surface area contributed by atoms with Crippen LogP contribution >= 0.6 is 0 Å². The predicted octanol–water partition coefficient (Wildman–Crippen LogP) is 1.59. The second-order valence-corrected chi connectivity index (χ2v) is 6.82. The highest BCUT2D eigenvalue weighted by Crippen LogP contribution is 2.22. The van der Waals surface area contributed by atoms with Crippen LogP contribution in [0.1, 0.15) is 17.4 Å². The van der Waals surface area contributed by atoms with Gasteiger partial charge in [-0.05, 0) is 49.4 Å². The number of piperazine rings is 1. The number of amides is 1. The fourth-order valence-corrected chi connectivity index (χ4v) is 3.30. The van der Waals surface area contributed by atoms with E-state index in [1.54, 1.807) is 4.90 Å². The second kappa shape index (κ2) is 8.73. The number of ether oxygens (including phenoxy) is 1. The summed E-state index contributed by atoms with van der Waals surface area (Å²) in [5, 5.41) is 14.8. The third-order valence-corrected chi connectivity index (χ3v) is 4.90. The quantitative estimate of drug-likeness (QED) is 0.686. The Bertz CT molecular complexity index is 1040. The van der Waals surface area contributed by atoms with Crippen molar-refractivity contribution in [1.82, 2.24) is 25.3 Å². The highest BCUT2D eigenvalue weighted by molar-refractivity contribution is 5.92. The van der Waals surface area contributed by atoms with Crippen molar-refractivity contribution in [1.29, 1.82) is 0 Å². The predicted molar refractivity (Wildman–Crippen MR) is 112 cm³/mol. The molecular formula is C21H22N6O3. The van der Waals surface area contributed by atoms with Crippen LogP contribution in [0.4, 0.5) is 5.82 Å². The number of nitrogens with one attached hydrogen (secondary N) is 1. The number of hydrogen-bond acceptors (Lipinski definition) is 7. The number of H-pyrrole nitrogens is 1. The van der Waals surface area contributed by atoms with Crippen molar-refractivity contribution in [3.8, 4) is 17.0 Å². The van der Waals surface area contributed by atoms with Gasteiger partial charge in [-0.3, -0.25) is 9.59 Å². The van der Waals surface area contributed by atoms with E-state index in [1.807, 2.05) is 43.3 Å². The van der Waals surface area contributed by atoms with Crippen molar-refractivity contribution in [2.75, 3.05) is 37.7 Å². The summed E-state index contributed by atoms with van der Waals surface area (Å²) in [5.74, 6) is 1.41. The fourth-order valence-electron chi connectivity index (χ4n) is 3.30. The number of benzene rings is 1. The molecule has 1 amide bonds. The van der Waals surface area contributed by atoms with Gasteiger partial charge in [0.15, 0.2) is 5.82 Å². The molecule has 2 aromatic heterocycles. The Morgan fingerprint density at radius 1 is 1.00 bits per heavy atom. The van der Waals surface area contributed by atoms with Crippen LogP contribution in [-0.4, -0.2) is 64.0 Å². The Labute approximate surface area is 173 Å². The van der Waals surface area contributed by atoms with Gasteiger partial charge in [-0.2, -0.15) is 5.10 Å². The zero-order valence-corrected chi connectivity index (χ0v) is 16.6. The molecule has 0 saturated carbocycles. The Morgan fingerprint density at radius 3 is 2.37 bits per heavy atom. The first kappa shape index (κ1) is 19.6. The van der Waals surface area contributed by atoms with Gasteiger partial charge in [0.2, 0.25) is 0 Å². The number of aromatic nitrogens is 4. The van der Waals surface area contributed by atoms with E-state index in [0.29, 0.717) is 32.8 Å². The number of nitrogens with zero attached hydrogens (tertiary/aromatic N) is 5. The molecule has 3 heterocycles. The molecule has 1 N–H and O–H groups in total. The van der Waals surface area contributed by atoms with Gasteiger partial charge in [0.1, 0.15) is 11.4 Å². The lowest BCUT2D eigenvalue weighted by atomic mass is 10.1. The number of aromatic amines is 1. The molecule has 4 rings (SSSR count). The third-order valence-electron chi connectivity index (χ3n) is 4.90. The molecule has 9 nitrogen and oxygen atoms in total. The molecular weight excluding hydrogens is 384 g/mol. The van der Waals surface area contributed by atoms with Crippen LogP contribution in [0.5, 0.6) is 5.75 Å². The van der Waals surface area contributed by atoms with Crippen LogP contribution in [0, 0.1) is 0 Å². The smallest absolute Gasteiger partial charge is 0.274 e. The molecule has 1 aliphatic rings. The molecule has 9 heteroatoms. The molecule has 1 aromatic carbocycles. The summed E-state index contributed by atoms with van der Waals surface area (Å²) in [4.78, 5) is 27.4. The maximum absolute atomic E-state index is 12.5. The molecule has 0 bridgehead atoms. The zero-order chi connectivity index (χ0) is 20.9. The average molecular weight is 406 g/mol. The minimum absolute atomic E-state index is 0.192. The Morgan fingerprint density at radius 2 is 1.77 bits per heavy atom. The minimum atomic E-state index is -0.330. The SMILES string of the molecule is CCOc1ccc(-c2ccc(N3CCN(C(=O)c4ccc(=O)[nH]n4)CC3)nn2)cc1. The van der Waals surface area contributed by atoms with Crippen molar-refractivity contribution in [2.24, 2.45) is 0 Å². The number of rotatable bonds is 5. The number of carbonyl (C=O) groups is 1. The van der Waals surface area contributed by atoms with Crippen molar-refractivity contribution >= 4 is 11.7 Å². The molecule has 0 atom stereocenters. The highest BCUT2D eigenvalue weighted by Gasteiger charge is 2.24. The first-order valence-electron chi connectivity index (χ1n) is 9.81. The summed E-state index contributed by atoms with van der Waals surface area (Å²) in [7, 11) is 0. The largest absolute Gasteiger partial charge is 0.494 e. The molecule has 1 aliphatic heterocycles. The van der Waals surface area contributed by atoms with Gasteiger partial charge in [-0.15, -0.1) is 10.2 Å². The maximum Gasteiger partial charge on any atom is 0.274 e. The van der Waals surface area contributed by atoms with Crippen LogP contribution in [0.15, 0.2) is 53.3 Å². The van der Waals surface area contributed by atoms with Crippen molar-refractivity contribution in [3.05, 3.63) is 64.6 Å². The van der Waals surface area contributed by atoms with Gasteiger partial charge in [0, 0.05) is 37.8 Å². The fraction of sp³-hybridized carbons (Fsp3) is 0.286. The first-order chi connectivity index (χ1) is 14.6. The second-order valence-electron chi connectivity index (χ2n) is 6.82. The van der Waals surface area contributed by atoms with E-state index in [2.05, 4.69) is 25.3 Å². The van der Waals surface area contributed by atoms with Gasteiger partial charge in [0.25, 0.3) is 11.5 Å². The molecule has 30 heavy (non-hydrogen) atoms. The first-order valence-corrected chi connectivity index (χ1v) is 9.81. The maximum atomic E-state index is 12.5. The zero-order valence-electron chi connectivity index (χ0n) is 16.6. The van der Waals surface area contributed by atoms with Crippen molar-refractivity contribution in [2.45, 2.75) is 6.92 Å².